The lowest BCUT2D eigenvalue weighted by Crippen LogP contribution is -2.44. The number of nitrogens with one attached hydrogen (secondary N) is 1. The number of nitrogens with zero attached hydrogens (tertiary/aromatic N) is 4. The van der Waals surface area contributed by atoms with Gasteiger partial charge < -0.3 is 20.9 Å². The second-order valence-electron chi connectivity index (χ2n) is 11.8. The Morgan fingerprint density at radius 3 is 2.55 bits per heavy atom. The molecular weight excluding hydrogens is 574 g/mol. The van der Waals surface area contributed by atoms with E-state index in [9.17, 15) is 0 Å². The van der Waals surface area contributed by atoms with Crippen LogP contribution in [0.1, 0.15) is 44.6 Å². The number of halogens is 3. The smallest absolute Gasteiger partial charge is 0.276 e. The highest BCUT2D eigenvalue weighted by Crippen LogP contribution is 2.51. The average Bonchev–Trinajstić information content (AvgIpc) is 3.59. The van der Waals surface area contributed by atoms with Crippen molar-refractivity contribution in [2.75, 3.05) is 55.6 Å². The van der Waals surface area contributed by atoms with Crippen LogP contribution in [0.4, 0.5) is 20.3 Å². The maximum atomic E-state index is 16.0. The highest BCUT2D eigenvalue weighted by atomic mass is 35.5. The minimum Gasteiger partial charge on any atom is -0.389 e. The molecule has 0 bridgehead atoms. The van der Waals surface area contributed by atoms with Gasteiger partial charge in [-0.15, -0.1) is 0 Å². The first-order valence-electron chi connectivity index (χ1n) is 15.1. The molecule has 3 N–H and O–H groups in total. The summed E-state index contributed by atoms with van der Waals surface area (Å²) in [4.78, 5) is 9.98. The Hall–Kier alpha value is -2.33. The topological polar surface area (TPSA) is 60.7 Å². The van der Waals surface area contributed by atoms with E-state index in [1.54, 1.807) is 18.0 Å². The van der Waals surface area contributed by atoms with Gasteiger partial charge in [-0.3, -0.25) is 0 Å². The molecule has 10 heteroatoms. The summed E-state index contributed by atoms with van der Waals surface area (Å²) in [5.41, 5.74) is 8.75. The third-order valence-corrected chi connectivity index (χ3v) is 10.2. The van der Waals surface area contributed by atoms with E-state index in [0.717, 1.165) is 51.1 Å². The van der Waals surface area contributed by atoms with Gasteiger partial charge in [0.05, 0.1) is 0 Å². The predicted octanol–water partition coefficient (Wildman–Crippen LogP) is 6.88. The molecule has 0 radical (unpaired) electrons. The lowest BCUT2D eigenvalue weighted by atomic mass is 9.87. The summed E-state index contributed by atoms with van der Waals surface area (Å²) in [6, 6.07) is 11.5. The largest absolute Gasteiger partial charge is 0.389 e. The van der Waals surface area contributed by atoms with E-state index in [1.165, 1.54) is 22.3 Å². The van der Waals surface area contributed by atoms with Crippen LogP contribution >= 0.6 is 23.5 Å². The van der Waals surface area contributed by atoms with Crippen LogP contribution in [-0.4, -0.2) is 55.1 Å². The summed E-state index contributed by atoms with van der Waals surface area (Å²) in [5.74, 6) is -3.40. The van der Waals surface area contributed by atoms with Crippen LogP contribution in [0.25, 0.3) is 0 Å². The Labute approximate surface area is 258 Å². The highest BCUT2D eigenvalue weighted by Gasteiger charge is 2.49. The normalized spacial score (nSPS) is 23.5. The molecule has 0 amide bonds. The number of benzene rings is 1. The minimum atomic E-state index is -3.02. The molecule has 6 nitrogen and oxygen atoms in total. The number of allylic oxidation sites excluding steroid dienone is 2. The van der Waals surface area contributed by atoms with E-state index >= 15 is 8.78 Å². The molecule has 1 aromatic carbocycles. The molecule has 2 aromatic rings. The minimum absolute atomic E-state index is 0.0203. The Morgan fingerprint density at radius 2 is 1.88 bits per heavy atom. The third-order valence-electron chi connectivity index (χ3n) is 8.91. The van der Waals surface area contributed by atoms with E-state index in [2.05, 4.69) is 61.8 Å². The summed E-state index contributed by atoms with van der Waals surface area (Å²) in [6.45, 7) is 15.5. The molecular formula is C32H43ClF2N6S. The molecule has 3 atom stereocenters. The highest BCUT2D eigenvalue weighted by molar-refractivity contribution is 7.97. The summed E-state index contributed by atoms with van der Waals surface area (Å²) in [6.07, 6.45) is 4.13. The van der Waals surface area contributed by atoms with Crippen LogP contribution in [0.2, 0.25) is 5.15 Å². The lowest BCUT2D eigenvalue weighted by Gasteiger charge is -2.35. The Balaban J connectivity index is 1.19. The predicted molar refractivity (Wildman–Crippen MR) is 171 cm³/mol. The van der Waals surface area contributed by atoms with Crippen LogP contribution in [-0.2, 0) is 5.92 Å². The second kappa shape index (κ2) is 13.5. The van der Waals surface area contributed by atoms with Gasteiger partial charge in [-0.2, -0.15) is 0 Å². The fourth-order valence-electron chi connectivity index (χ4n) is 6.48. The summed E-state index contributed by atoms with van der Waals surface area (Å²) < 4.78 is 34.4. The van der Waals surface area contributed by atoms with Crippen LogP contribution in [0.3, 0.4) is 0 Å². The first-order valence-corrected chi connectivity index (χ1v) is 16.2. The number of alkyl halides is 2. The quantitative estimate of drug-likeness (QED) is 0.162. The molecule has 3 aliphatic rings. The van der Waals surface area contributed by atoms with Gasteiger partial charge in [-0.05, 0) is 98.8 Å². The van der Waals surface area contributed by atoms with Gasteiger partial charge >= 0.3 is 0 Å². The maximum Gasteiger partial charge on any atom is 0.276 e. The number of pyridine rings is 1. The molecule has 1 aromatic heterocycles. The van der Waals surface area contributed by atoms with E-state index < -0.39 is 11.8 Å². The van der Waals surface area contributed by atoms with Gasteiger partial charge in [0.2, 0.25) is 0 Å². The van der Waals surface area contributed by atoms with Crippen LogP contribution < -0.4 is 20.9 Å². The number of hydrogen-bond acceptors (Lipinski definition) is 7. The number of nitrogens with two attached hydrogens (primary N) is 1. The zero-order valence-corrected chi connectivity index (χ0v) is 26.1. The molecule has 228 valence electrons. The molecule has 2 saturated heterocycles. The van der Waals surface area contributed by atoms with Crippen molar-refractivity contribution in [2.24, 2.45) is 23.5 Å². The van der Waals surface area contributed by atoms with Gasteiger partial charge in [-0.25, -0.2) is 18.1 Å². The average molecular weight is 617 g/mol. The first-order chi connectivity index (χ1) is 20.2. The number of piperazine rings is 1. The molecule has 0 spiro atoms. The lowest BCUT2D eigenvalue weighted by molar-refractivity contribution is -0.0774. The molecule has 3 fully saturated rings. The molecule has 2 aliphatic heterocycles. The van der Waals surface area contributed by atoms with Gasteiger partial charge in [0.15, 0.2) is 0 Å². The van der Waals surface area contributed by atoms with Crippen LogP contribution in [0.5, 0.6) is 0 Å². The van der Waals surface area contributed by atoms with Crippen molar-refractivity contribution in [1.82, 2.24) is 14.6 Å². The van der Waals surface area contributed by atoms with Gasteiger partial charge in [0.25, 0.3) is 5.92 Å². The molecule has 1 aliphatic carbocycles. The number of hydrogen-bond donors (Lipinski definition) is 2. The van der Waals surface area contributed by atoms with Crippen LogP contribution in [0.15, 0.2) is 65.8 Å². The van der Waals surface area contributed by atoms with Crippen molar-refractivity contribution in [3.63, 3.8) is 0 Å². The monoisotopic (exact) mass is 616 g/mol. The van der Waals surface area contributed by atoms with Crippen molar-refractivity contribution in [1.29, 1.82) is 0 Å². The zero-order valence-electron chi connectivity index (χ0n) is 24.5. The maximum absolute atomic E-state index is 16.0. The van der Waals surface area contributed by atoms with Crippen LogP contribution in [0, 0.1) is 17.8 Å². The summed E-state index contributed by atoms with van der Waals surface area (Å²) >= 11 is 8.08. The van der Waals surface area contributed by atoms with Crippen molar-refractivity contribution < 1.29 is 8.78 Å². The molecule has 3 unspecified atom stereocenters. The fourth-order valence-corrected chi connectivity index (χ4v) is 7.58. The third kappa shape index (κ3) is 7.07. The van der Waals surface area contributed by atoms with E-state index in [0.29, 0.717) is 38.3 Å². The summed E-state index contributed by atoms with van der Waals surface area (Å²) in [5, 5.41) is 3.39. The van der Waals surface area contributed by atoms with E-state index in [4.69, 9.17) is 17.3 Å². The Morgan fingerprint density at radius 1 is 1.14 bits per heavy atom. The first kappa shape index (κ1) is 31.1. The van der Waals surface area contributed by atoms with Crippen molar-refractivity contribution in [3.05, 3.63) is 71.7 Å². The van der Waals surface area contributed by atoms with Crippen molar-refractivity contribution >= 4 is 35.1 Å². The molecule has 1 saturated carbocycles. The zero-order chi connectivity index (χ0) is 29.9. The van der Waals surface area contributed by atoms with Gasteiger partial charge in [0, 0.05) is 72.7 Å². The standard InChI is InChI=1S/C32H43ClF2N6S/c1-22-18-25(24(3)37-12-5-11-36)19-29(22)32(34,35)26-20-30(33)38-31(21-26)39-14-16-40(17-15-39)42-28-9-7-27(8-10-28)41-13-4-6-23(41)2/h7-10,20-22,25,29,37H,2-6,11-19,36H2,1H3. The number of anilines is 2. The second-order valence-corrected chi connectivity index (χ2v) is 13.4. The van der Waals surface area contributed by atoms with Crippen molar-refractivity contribution in [3.8, 4) is 0 Å². The Bertz CT molecular complexity index is 1250. The van der Waals surface area contributed by atoms with Gasteiger partial charge in [-0.1, -0.05) is 31.7 Å². The Kier molecular flexibility index (Phi) is 10.0. The molecule has 42 heavy (non-hydrogen) atoms. The molecule has 5 rings (SSSR count). The van der Waals surface area contributed by atoms with E-state index in [1.807, 2.05) is 6.92 Å². The number of aromatic nitrogens is 1. The fraction of sp³-hybridized carbons (Fsp3) is 0.531. The van der Waals surface area contributed by atoms with Gasteiger partial charge in [0.1, 0.15) is 11.0 Å². The SMILES string of the molecule is C=C(NCCCN)C1CC(C)C(C(F)(F)c2cc(Cl)nc(N3CCN(Sc4ccc(N5CCCC5=C)cc4)CC3)c2)C1. The van der Waals surface area contributed by atoms with E-state index in [-0.39, 0.29) is 22.6 Å². The number of rotatable bonds is 11. The van der Waals surface area contributed by atoms with Crippen molar-refractivity contribution in [2.45, 2.75) is 49.8 Å². The molecule has 3 heterocycles. The summed E-state index contributed by atoms with van der Waals surface area (Å²) in [7, 11) is 0.